The molecule has 6 heteroatoms. The fourth-order valence-electron chi connectivity index (χ4n) is 3.29. The SMILES string of the molecule is CN1CCN(Cc2ccc(-c3nc4ccccc4c(=O)[nH]3)cc2F)CC1. The van der Waals surface area contributed by atoms with Crippen molar-refractivity contribution in [1.82, 2.24) is 19.8 Å². The summed E-state index contributed by atoms with van der Waals surface area (Å²) in [6.45, 7) is 4.49. The molecule has 0 aliphatic carbocycles. The Morgan fingerprint density at radius 2 is 1.88 bits per heavy atom. The number of aromatic amines is 1. The number of hydrogen-bond acceptors (Lipinski definition) is 4. The Morgan fingerprint density at radius 3 is 2.65 bits per heavy atom. The average molecular weight is 352 g/mol. The van der Waals surface area contributed by atoms with Gasteiger partial charge in [-0.25, -0.2) is 9.37 Å². The lowest BCUT2D eigenvalue weighted by molar-refractivity contribution is 0.147. The molecule has 1 saturated heterocycles. The van der Waals surface area contributed by atoms with Crippen LogP contribution in [0.4, 0.5) is 4.39 Å². The van der Waals surface area contributed by atoms with Gasteiger partial charge in [0, 0.05) is 43.9 Å². The average Bonchev–Trinajstić information content (AvgIpc) is 2.65. The van der Waals surface area contributed by atoms with Crippen LogP contribution >= 0.6 is 0 Å². The van der Waals surface area contributed by atoms with Gasteiger partial charge in [0.2, 0.25) is 0 Å². The molecule has 26 heavy (non-hydrogen) atoms. The summed E-state index contributed by atoms with van der Waals surface area (Å²) in [4.78, 5) is 24.0. The fraction of sp³-hybridized carbons (Fsp3) is 0.300. The third kappa shape index (κ3) is 3.38. The Balaban J connectivity index is 1.61. The van der Waals surface area contributed by atoms with Crippen molar-refractivity contribution in [2.45, 2.75) is 6.54 Å². The second-order valence-electron chi connectivity index (χ2n) is 6.82. The number of nitrogens with zero attached hydrogens (tertiary/aromatic N) is 3. The van der Waals surface area contributed by atoms with E-state index in [0.717, 1.165) is 26.2 Å². The molecule has 0 spiro atoms. The largest absolute Gasteiger partial charge is 0.306 e. The minimum Gasteiger partial charge on any atom is -0.306 e. The van der Waals surface area contributed by atoms with Crippen LogP contribution in [0.3, 0.4) is 0 Å². The Kier molecular flexibility index (Phi) is 4.53. The minimum absolute atomic E-state index is 0.215. The molecular weight excluding hydrogens is 331 g/mol. The fourth-order valence-corrected chi connectivity index (χ4v) is 3.29. The highest BCUT2D eigenvalue weighted by Gasteiger charge is 2.16. The Labute approximate surface area is 151 Å². The molecule has 4 rings (SSSR count). The van der Waals surface area contributed by atoms with E-state index in [1.807, 2.05) is 12.1 Å². The van der Waals surface area contributed by atoms with Gasteiger partial charge in [0.05, 0.1) is 10.9 Å². The Morgan fingerprint density at radius 1 is 1.12 bits per heavy atom. The summed E-state index contributed by atoms with van der Waals surface area (Å²) < 4.78 is 14.6. The zero-order chi connectivity index (χ0) is 18.1. The van der Waals surface area contributed by atoms with E-state index in [0.29, 0.717) is 34.4 Å². The van der Waals surface area contributed by atoms with Gasteiger partial charge in [0.25, 0.3) is 5.56 Å². The van der Waals surface area contributed by atoms with E-state index in [1.54, 1.807) is 24.3 Å². The molecule has 0 saturated carbocycles. The molecule has 134 valence electrons. The van der Waals surface area contributed by atoms with E-state index >= 15 is 0 Å². The highest BCUT2D eigenvalue weighted by atomic mass is 19.1. The zero-order valence-electron chi connectivity index (χ0n) is 14.7. The molecule has 0 amide bonds. The number of piperazine rings is 1. The molecule has 1 fully saturated rings. The molecule has 1 aromatic heterocycles. The highest BCUT2D eigenvalue weighted by Crippen LogP contribution is 2.21. The summed E-state index contributed by atoms with van der Waals surface area (Å²) >= 11 is 0. The summed E-state index contributed by atoms with van der Waals surface area (Å²) in [6, 6.07) is 12.2. The number of H-pyrrole nitrogens is 1. The molecular formula is C20H21FN4O. The molecule has 1 N–H and O–H groups in total. The molecule has 1 aliphatic rings. The van der Waals surface area contributed by atoms with Gasteiger partial charge in [0.15, 0.2) is 0 Å². The van der Waals surface area contributed by atoms with Gasteiger partial charge >= 0.3 is 0 Å². The topological polar surface area (TPSA) is 52.2 Å². The minimum atomic E-state index is -0.266. The normalized spacial score (nSPS) is 16.2. The molecule has 1 aliphatic heterocycles. The third-order valence-corrected chi connectivity index (χ3v) is 4.93. The molecule has 2 aromatic carbocycles. The Bertz CT molecular complexity index is 993. The number of nitrogens with one attached hydrogen (secondary N) is 1. The first kappa shape index (κ1) is 16.9. The third-order valence-electron chi connectivity index (χ3n) is 4.93. The summed E-state index contributed by atoms with van der Waals surface area (Å²) in [5.74, 6) is 0.121. The number of aromatic nitrogens is 2. The van der Waals surface area contributed by atoms with Crippen molar-refractivity contribution in [3.8, 4) is 11.4 Å². The van der Waals surface area contributed by atoms with E-state index < -0.39 is 0 Å². The van der Waals surface area contributed by atoms with Crippen molar-refractivity contribution in [3.05, 3.63) is 64.2 Å². The van der Waals surface area contributed by atoms with Crippen LogP contribution in [0.25, 0.3) is 22.3 Å². The highest BCUT2D eigenvalue weighted by molar-refractivity contribution is 5.79. The molecule has 0 unspecified atom stereocenters. The molecule has 2 heterocycles. The number of benzene rings is 2. The number of fused-ring (bicyclic) bond motifs is 1. The van der Waals surface area contributed by atoms with Gasteiger partial charge in [0.1, 0.15) is 11.6 Å². The second-order valence-corrected chi connectivity index (χ2v) is 6.82. The van der Waals surface area contributed by atoms with Gasteiger partial charge in [-0.15, -0.1) is 0 Å². The van der Waals surface area contributed by atoms with E-state index in [-0.39, 0.29) is 11.4 Å². The van der Waals surface area contributed by atoms with Crippen molar-refractivity contribution in [3.63, 3.8) is 0 Å². The van der Waals surface area contributed by atoms with Crippen LogP contribution in [0.2, 0.25) is 0 Å². The first-order valence-corrected chi connectivity index (χ1v) is 8.79. The first-order chi connectivity index (χ1) is 12.6. The van der Waals surface area contributed by atoms with Gasteiger partial charge in [-0.1, -0.05) is 24.3 Å². The number of hydrogen-bond donors (Lipinski definition) is 1. The number of halogens is 1. The quantitative estimate of drug-likeness (QED) is 0.787. The smallest absolute Gasteiger partial charge is 0.259 e. The van der Waals surface area contributed by atoms with Crippen LogP contribution < -0.4 is 5.56 Å². The molecule has 0 radical (unpaired) electrons. The standard InChI is InChI=1S/C20H21FN4O/c1-24-8-10-25(11-9-24)13-15-7-6-14(12-17(15)21)19-22-18-5-3-2-4-16(18)20(26)23-19/h2-7,12H,8-11,13H2,1H3,(H,22,23,26). The molecule has 5 nitrogen and oxygen atoms in total. The molecule has 0 bridgehead atoms. The van der Waals surface area contributed by atoms with Crippen LogP contribution in [0, 0.1) is 5.82 Å². The maximum Gasteiger partial charge on any atom is 0.259 e. The number of likely N-dealkylation sites (N-methyl/N-ethyl adjacent to an activating group) is 1. The van der Waals surface area contributed by atoms with Crippen LogP contribution in [-0.4, -0.2) is 53.0 Å². The van der Waals surface area contributed by atoms with Gasteiger partial charge in [-0.2, -0.15) is 0 Å². The first-order valence-electron chi connectivity index (χ1n) is 8.79. The predicted octanol–water partition coefficient (Wildman–Crippen LogP) is 2.48. The summed E-state index contributed by atoms with van der Waals surface area (Å²) in [7, 11) is 2.10. The van der Waals surface area contributed by atoms with Crippen molar-refractivity contribution < 1.29 is 4.39 Å². The van der Waals surface area contributed by atoms with E-state index in [9.17, 15) is 9.18 Å². The van der Waals surface area contributed by atoms with E-state index in [1.165, 1.54) is 6.07 Å². The summed E-state index contributed by atoms with van der Waals surface area (Å²) in [6.07, 6.45) is 0. The molecule has 3 aromatic rings. The summed E-state index contributed by atoms with van der Waals surface area (Å²) in [5.41, 5.74) is 1.63. The van der Waals surface area contributed by atoms with Gasteiger partial charge < -0.3 is 9.88 Å². The van der Waals surface area contributed by atoms with Gasteiger partial charge in [-0.3, -0.25) is 9.69 Å². The van der Waals surface area contributed by atoms with Crippen molar-refractivity contribution >= 4 is 10.9 Å². The number of rotatable bonds is 3. The van der Waals surface area contributed by atoms with Crippen molar-refractivity contribution in [2.24, 2.45) is 0 Å². The van der Waals surface area contributed by atoms with E-state index in [2.05, 4.69) is 26.8 Å². The monoisotopic (exact) mass is 352 g/mol. The van der Waals surface area contributed by atoms with Crippen molar-refractivity contribution in [1.29, 1.82) is 0 Å². The van der Waals surface area contributed by atoms with E-state index in [4.69, 9.17) is 0 Å². The lowest BCUT2D eigenvalue weighted by atomic mass is 10.1. The lowest BCUT2D eigenvalue weighted by Gasteiger charge is -2.32. The lowest BCUT2D eigenvalue weighted by Crippen LogP contribution is -2.44. The number of para-hydroxylation sites is 1. The second kappa shape index (κ2) is 6.97. The van der Waals surface area contributed by atoms with Crippen LogP contribution in [0.15, 0.2) is 47.3 Å². The predicted molar refractivity (Wildman–Crippen MR) is 101 cm³/mol. The Hall–Kier alpha value is -2.57. The maximum atomic E-state index is 14.6. The van der Waals surface area contributed by atoms with Crippen LogP contribution in [0.1, 0.15) is 5.56 Å². The maximum absolute atomic E-state index is 14.6. The van der Waals surface area contributed by atoms with Crippen LogP contribution in [0.5, 0.6) is 0 Å². The van der Waals surface area contributed by atoms with Crippen LogP contribution in [-0.2, 0) is 6.54 Å². The molecule has 0 atom stereocenters. The van der Waals surface area contributed by atoms with Gasteiger partial charge in [-0.05, 0) is 25.2 Å². The zero-order valence-corrected chi connectivity index (χ0v) is 14.7. The summed E-state index contributed by atoms with van der Waals surface area (Å²) in [5, 5.41) is 0.531. The van der Waals surface area contributed by atoms with Crippen molar-refractivity contribution in [2.75, 3.05) is 33.2 Å².